The van der Waals surface area contributed by atoms with Gasteiger partial charge in [0.25, 0.3) is 0 Å². The van der Waals surface area contributed by atoms with Crippen molar-refractivity contribution in [2.24, 2.45) is 0 Å². The Kier molecular flexibility index (Phi) is 5.80. The van der Waals surface area contributed by atoms with Crippen LogP contribution in [0.5, 0.6) is 5.75 Å². The quantitative estimate of drug-likeness (QED) is 0.328. The summed E-state index contributed by atoms with van der Waals surface area (Å²) in [6.07, 6.45) is 1.81. The molecular formula is C27H25ClN4OS. The van der Waals surface area contributed by atoms with Crippen LogP contribution in [0.2, 0.25) is 5.02 Å². The molecule has 0 unspecified atom stereocenters. The molecule has 3 heterocycles. The maximum Gasteiger partial charge on any atom is 0.174 e. The molecule has 0 radical (unpaired) electrons. The summed E-state index contributed by atoms with van der Waals surface area (Å²) in [6.45, 7) is 6.17. The van der Waals surface area contributed by atoms with Gasteiger partial charge in [0.05, 0.1) is 23.5 Å². The highest BCUT2D eigenvalue weighted by Crippen LogP contribution is 2.44. The highest BCUT2D eigenvalue weighted by atomic mass is 35.5. The number of rotatable bonds is 4. The van der Waals surface area contributed by atoms with Gasteiger partial charge in [0, 0.05) is 28.3 Å². The molecule has 0 aliphatic carbocycles. The molecule has 34 heavy (non-hydrogen) atoms. The molecule has 1 saturated heterocycles. The van der Waals surface area contributed by atoms with Gasteiger partial charge < -0.3 is 19.9 Å². The molecule has 0 amide bonds. The van der Waals surface area contributed by atoms with Crippen molar-refractivity contribution < 1.29 is 5.11 Å². The number of nitrogens with one attached hydrogen (secondary N) is 1. The van der Waals surface area contributed by atoms with Crippen LogP contribution >= 0.6 is 23.8 Å². The van der Waals surface area contributed by atoms with Crippen molar-refractivity contribution in [3.05, 3.63) is 106 Å². The molecule has 2 aromatic carbocycles. The molecule has 5 nitrogen and oxygen atoms in total. The van der Waals surface area contributed by atoms with Gasteiger partial charge in [-0.15, -0.1) is 0 Å². The van der Waals surface area contributed by atoms with Crippen molar-refractivity contribution in [2.45, 2.75) is 32.9 Å². The summed E-state index contributed by atoms with van der Waals surface area (Å²) >= 11 is 12.1. The number of nitrogens with zero attached hydrogens (tertiary/aromatic N) is 3. The van der Waals surface area contributed by atoms with E-state index < -0.39 is 0 Å². The summed E-state index contributed by atoms with van der Waals surface area (Å²) in [5.41, 5.74) is 6.85. The predicted octanol–water partition coefficient (Wildman–Crippen LogP) is 6.33. The van der Waals surface area contributed by atoms with Crippen molar-refractivity contribution >= 4 is 34.6 Å². The Morgan fingerprint density at radius 2 is 1.82 bits per heavy atom. The van der Waals surface area contributed by atoms with Crippen LogP contribution in [0, 0.1) is 20.8 Å². The Balaban J connectivity index is 1.71. The third-order valence-corrected chi connectivity index (χ3v) is 6.89. The molecule has 0 saturated carbocycles. The van der Waals surface area contributed by atoms with E-state index in [0.29, 0.717) is 15.8 Å². The monoisotopic (exact) mass is 488 g/mol. The second-order valence-electron chi connectivity index (χ2n) is 8.63. The number of thiocarbonyl (C=S) groups is 1. The molecule has 1 aliphatic heterocycles. The van der Waals surface area contributed by atoms with E-state index in [4.69, 9.17) is 23.8 Å². The molecule has 1 aliphatic rings. The average Bonchev–Trinajstić information content (AvgIpc) is 3.31. The average molecular weight is 489 g/mol. The summed E-state index contributed by atoms with van der Waals surface area (Å²) in [6, 6.07) is 21.3. The Hall–Kier alpha value is -3.35. The molecule has 2 N–H and O–H groups in total. The fourth-order valence-corrected chi connectivity index (χ4v) is 5.37. The minimum Gasteiger partial charge on any atom is -0.506 e. The summed E-state index contributed by atoms with van der Waals surface area (Å²) < 4.78 is 2.04. The van der Waals surface area contributed by atoms with Gasteiger partial charge >= 0.3 is 0 Å². The van der Waals surface area contributed by atoms with E-state index in [0.717, 1.165) is 33.9 Å². The second kappa shape index (κ2) is 8.78. The lowest BCUT2D eigenvalue weighted by Gasteiger charge is -2.28. The van der Waals surface area contributed by atoms with Gasteiger partial charge in [0.15, 0.2) is 5.11 Å². The zero-order chi connectivity index (χ0) is 24.0. The third kappa shape index (κ3) is 3.83. The fourth-order valence-electron chi connectivity index (χ4n) is 4.86. The van der Waals surface area contributed by atoms with Crippen LogP contribution in [0.4, 0.5) is 5.69 Å². The Morgan fingerprint density at radius 3 is 2.56 bits per heavy atom. The standard InChI is InChI=1S/C27H25ClN4OS/c1-16-7-6-8-20(13-16)32-26(25(30-27(32)34)22-9-4-5-12-29-22)21-14-17(2)31(18(21)3)23-15-19(28)10-11-24(23)33/h4-15,25-26,33H,1-3H3,(H,30,34)/t25-,26-/m1/s1. The highest BCUT2D eigenvalue weighted by Gasteiger charge is 2.42. The van der Waals surface area contributed by atoms with Crippen molar-refractivity contribution in [1.82, 2.24) is 14.9 Å². The maximum absolute atomic E-state index is 10.6. The Morgan fingerprint density at radius 1 is 1.00 bits per heavy atom. The number of anilines is 1. The van der Waals surface area contributed by atoms with Crippen molar-refractivity contribution in [3.8, 4) is 11.4 Å². The zero-order valence-corrected chi connectivity index (χ0v) is 20.7. The van der Waals surface area contributed by atoms with Gasteiger partial charge in [0.1, 0.15) is 5.75 Å². The number of hydrogen-bond acceptors (Lipinski definition) is 3. The number of phenolic OH excluding ortho intramolecular Hbond substituents is 1. The van der Waals surface area contributed by atoms with E-state index in [1.165, 1.54) is 0 Å². The smallest absolute Gasteiger partial charge is 0.174 e. The zero-order valence-electron chi connectivity index (χ0n) is 19.2. The van der Waals surface area contributed by atoms with Gasteiger partial charge in [-0.1, -0.05) is 29.8 Å². The van der Waals surface area contributed by atoms with E-state index in [1.54, 1.807) is 24.4 Å². The topological polar surface area (TPSA) is 53.3 Å². The van der Waals surface area contributed by atoms with Crippen LogP contribution < -0.4 is 10.2 Å². The van der Waals surface area contributed by atoms with Gasteiger partial charge in [0.2, 0.25) is 0 Å². The lowest BCUT2D eigenvalue weighted by molar-refractivity contribution is 0.471. The number of benzene rings is 2. The molecule has 2 atom stereocenters. The Labute approximate surface area is 209 Å². The summed E-state index contributed by atoms with van der Waals surface area (Å²) in [5, 5.41) is 15.4. The molecule has 4 aromatic rings. The van der Waals surface area contributed by atoms with Crippen LogP contribution in [0.1, 0.15) is 40.3 Å². The molecule has 2 aromatic heterocycles. The van der Waals surface area contributed by atoms with Crippen molar-refractivity contribution in [3.63, 3.8) is 0 Å². The first-order chi connectivity index (χ1) is 16.3. The minimum atomic E-state index is -0.142. The first-order valence-corrected chi connectivity index (χ1v) is 11.9. The number of aromatic nitrogens is 2. The number of pyridine rings is 1. The van der Waals surface area contributed by atoms with Gasteiger partial charge in [-0.3, -0.25) is 4.98 Å². The van der Waals surface area contributed by atoms with E-state index in [1.807, 2.05) is 35.8 Å². The maximum atomic E-state index is 10.6. The van der Waals surface area contributed by atoms with E-state index in [2.05, 4.69) is 53.3 Å². The number of hydrogen-bond donors (Lipinski definition) is 2. The second-order valence-corrected chi connectivity index (χ2v) is 9.45. The molecule has 7 heteroatoms. The van der Waals surface area contributed by atoms with E-state index in [9.17, 15) is 5.11 Å². The number of aromatic hydroxyl groups is 1. The molecule has 5 rings (SSSR count). The number of halogens is 1. The normalized spacial score (nSPS) is 17.8. The number of phenols is 1. The summed E-state index contributed by atoms with van der Waals surface area (Å²) in [5.74, 6) is 0.176. The molecular weight excluding hydrogens is 464 g/mol. The van der Waals surface area contributed by atoms with Crippen LogP contribution in [0.15, 0.2) is 72.9 Å². The minimum absolute atomic E-state index is 0.134. The fraction of sp³-hybridized carbons (Fsp3) is 0.185. The van der Waals surface area contributed by atoms with Gasteiger partial charge in [-0.25, -0.2) is 0 Å². The van der Waals surface area contributed by atoms with Crippen LogP contribution in [0.25, 0.3) is 5.69 Å². The first kappa shape index (κ1) is 22.4. The Bertz CT molecular complexity index is 1380. The lowest BCUT2D eigenvalue weighted by Crippen LogP contribution is -2.29. The van der Waals surface area contributed by atoms with E-state index in [-0.39, 0.29) is 17.8 Å². The first-order valence-electron chi connectivity index (χ1n) is 11.1. The number of aryl methyl sites for hydroxylation is 2. The van der Waals surface area contributed by atoms with Crippen LogP contribution in [0.3, 0.4) is 0 Å². The van der Waals surface area contributed by atoms with Gasteiger partial charge in [-0.2, -0.15) is 0 Å². The van der Waals surface area contributed by atoms with Gasteiger partial charge in [-0.05, 0) is 92.6 Å². The predicted molar refractivity (Wildman–Crippen MR) is 141 cm³/mol. The summed E-state index contributed by atoms with van der Waals surface area (Å²) in [4.78, 5) is 6.82. The van der Waals surface area contributed by atoms with Crippen molar-refractivity contribution in [2.75, 3.05) is 4.90 Å². The van der Waals surface area contributed by atoms with Crippen LogP contribution in [-0.2, 0) is 0 Å². The highest BCUT2D eigenvalue weighted by molar-refractivity contribution is 7.80. The SMILES string of the molecule is Cc1cccc(N2C(=S)N[C@H](c3ccccn3)[C@H]2c2cc(C)n(-c3cc(Cl)ccc3O)c2C)c1. The summed E-state index contributed by atoms with van der Waals surface area (Å²) in [7, 11) is 0. The molecule has 0 bridgehead atoms. The van der Waals surface area contributed by atoms with Crippen LogP contribution in [-0.4, -0.2) is 19.8 Å². The molecule has 1 fully saturated rings. The van der Waals surface area contributed by atoms with Crippen molar-refractivity contribution in [1.29, 1.82) is 0 Å². The van der Waals surface area contributed by atoms with E-state index >= 15 is 0 Å². The molecule has 0 spiro atoms. The molecule has 172 valence electrons. The third-order valence-electron chi connectivity index (χ3n) is 6.35. The lowest BCUT2D eigenvalue weighted by atomic mass is 9.96. The largest absolute Gasteiger partial charge is 0.506 e.